The molecular formula is C31H38ClN3O4S. The predicted octanol–water partition coefficient (Wildman–Crippen LogP) is 5.79. The molecule has 0 heterocycles. The largest absolute Gasteiger partial charge is 0.352 e. The van der Waals surface area contributed by atoms with Crippen molar-refractivity contribution in [1.82, 2.24) is 10.2 Å². The van der Waals surface area contributed by atoms with E-state index in [2.05, 4.69) is 5.32 Å². The number of sulfonamides is 1. The molecule has 0 aliphatic heterocycles. The van der Waals surface area contributed by atoms with Crippen molar-refractivity contribution < 1.29 is 18.0 Å². The van der Waals surface area contributed by atoms with Crippen molar-refractivity contribution in [3.8, 4) is 0 Å². The average Bonchev–Trinajstić information content (AvgIpc) is 2.92. The third kappa shape index (κ3) is 7.64. The summed E-state index contributed by atoms with van der Waals surface area (Å²) in [5.41, 5.74) is 3.84. The first kappa shape index (κ1) is 31.2. The first-order valence-corrected chi connectivity index (χ1v) is 15.2. The molecule has 0 spiro atoms. The second-order valence-corrected chi connectivity index (χ2v) is 12.5. The van der Waals surface area contributed by atoms with Crippen molar-refractivity contribution in [3.05, 3.63) is 94.0 Å². The minimum absolute atomic E-state index is 0.0512. The van der Waals surface area contributed by atoms with Gasteiger partial charge >= 0.3 is 0 Å². The lowest BCUT2D eigenvalue weighted by atomic mass is 10.1. The number of hydrogen-bond donors (Lipinski definition) is 1. The van der Waals surface area contributed by atoms with Crippen LogP contribution in [-0.2, 0) is 26.2 Å². The Morgan fingerprint density at radius 1 is 0.900 bits per heavy atom. The van der Waals surface area contributed by atoms with Crippen molar-refractivity contribution in [2.45, 2.75) is 71.5 Å². The molecule has 2 atom stereocenters. The number of benzene rings is 3. The molecule has 1 N–H and O–H groups in total. The van der Waals surface area contributed by atoms with Gasteiger partial charge in [0.25, 0.3) is 10.0 Å². The van der Waals surface area contributed by atoms with Crippen LogP contribution in [0.3, 0.4) is 0 Å². The van der Waals surface area contributed by atoms with Crippen molar-refractivity contribution in [2.24, 2.45) is 0 Å². The van der Waals surface area contributed by atoms with Gasteiger partial charge in [0.1, 0.15) is 12.6 Å². The van der Waals surface area contributed by atoms with Crippen LogP contribution in [0.25, 0.3) is 0 Å². The lowest BCUT2D eigenvalue weighted by Crippen LogP contribution is -2.52. The van der Waals surface area contributed by atoms with Crippen molar-refractivity contribution in [2.75, 3.05) is 10.8 Å². The number of nitrogens with zero attached hydrogens (tertiary/aromatic N) is 2. The van der Waals surface area contributed by atoms with Crippen LogP contribution in [-0.4, -0.2) is 43.8 Å². The molecule has 40 heavy (non-hydrogen) atoms. The molecule has 0 saturated heterocycles. The quantitative estimate of drug-likeness (QED) is 0.309. The SMILES string of the molecule is CC[C@H](C)NC(=O)[C@@H](C)N(Cc1ccc(C)cc1)C(=O)CN(c1ccc(C)c(Cl)c1)S(=O)(=O)c1ccc(C)cc1. The molecule has 0 aliphatic rings. The van der Waals surface area contributed by atoms with Gasteiger partial charge in [-0.05, 0) is 76.4 Å². The molecule has 0 radical (unpaired) electrons. The van der Waals surface area contributed by atoms with Gasteiger partial charge in [0.2, 0.25) is 11.8 Å². The molecule has 0 bridgehead atoms. The van der Waals surface area contributed by atoms with Gasteiger partial charge < -0.3 is 10.2 Å². The average molecular weight is 584 g/mol. The van der Waals surface area contributed by atoms with E-state index in [4.69, 9.17) is 11.6 Å². The molecular weight excluding hydrogens is 546 g/mol. The molecule has 214 valence electrons. The van der Waals surface area contributed by atoms with Gasteiger partial charge in [0, 0.05) is 17.6 Å². The van der Waals surface area contributed by atoms with Crippen LogP contribution in [0.4, 0.5) is 5.69 Å². The molecule has 0 aliphatic carbocycles. The maximum absolute atomic E-state index is 14.0. The van der Waals surface area contributed by atoms with E-state index < -0.39 is 28.5 Å². The zero-order valence-electron chi connectivity index (χ0n) is 23.9. The number of amides is 2. The maximum atomic E-state index is 14.0. The molecule has 0 saturated carbocycles. The van der Waals surface area contributed by atoms with E-state index >= 15 is 0 Å². The number of aryl methyl sites for hydroxylation is 3. The number of nitrogens with one attached hydrogen (secondary N) is 1. The lowest BCUT2D eigenvalue weighted by Gasteiger charge is -2.32. The Labute approximate surface area is 243 Å². The van der Waals surface area contributed by atoms with E-state index in [0.29, 0.717) is 5.02 Å². The Hall–Kier alpha value is -3.36. The van der Waals surface area contributed by atoms with E-state index in [0.717, 1.165) is 33.0 Å². The highest BCUT2D eigenvalue weighted by Crippen LogP contribution is 2.29. The summed E-state index contributed by atoms with van der Waals surface area (Å²) in [5.74, 6) is -0.819. The van der Waals surface area contributed by atoms with Crippen molar-refractivity contribution in [1.29, 1.82) is 0 Å². The van der Waals surface area contributed by atoms with Crippen molar-refractivity contribution >= 4 is 39.1 Å². The topological polar surface area (TPSA) is 86.8 Å². The Morgan fingerprint density at radius 3 is 2.02 bits per heavy atom. The Bertz CT molecular complexity index is 1440. The number of carbonyl (C=O) groups excluding carboxylic acids is 2. The number of hydrogen-bond acceptors (Lipinski definition) is 4. The second kappa shape index (κ2) is 13.3. The van der Waals surface area contributed by atoms with Crippen LogP contribution in [0.5, 0.6) is 0 Å². The summed E-state index contributed by atoms with van der Waals surface area (Å²) in [4.78, 5) is 28.6. The van der Waals surface area contributed by atoms with Crippen molar-refractivity contribution in [3.63, 3.8) is 0 Å². The van der Waals surface area contributed by atoms with Crippen LogP contribution in [0.15, 0.2) is 71.6 Å². The van der Waals surface area contributed by atoms with E-state index in [1.807, 2.05) is 58.9 Å². The van der Waals surface area contributed by atoms with E-state index in [1.54, 1.807) is 37.3 Å². The summed E-state index contributed by atoms with van der Waals surface area (Å²) in [5, 5.41) is 3.32. The Kier molecular flexibility index (Phi) is 10.4. The normalized spacial score (nSPS) is 12.9. The van der Waals surface area contributed by atoms with Gasteiger partial charge in [-0.1, -0.05) is 72.1 Å². The molecule has 3 aromatic rings. The fourth-order valence-corrected chi connectivity index (χ4v) is 5.62. The Morgan fingerprint density at radius 2 is 1.48 bits per heavy atom. The minimum atomic E-state index is -4.15. The van der Waals surface area contributed by atoms with Crippen LogP contribution >= 0.6 is 11.6 Å². The molecule has 3 rings (SSSR count). The fourth-order valence-electron chi connectivity index (χ4n) is 4.04. The van der Waals surface area contributed by atoms with Gasteiger partial charge in [-0.3, -0.25) is 13.9 Å². The number of carbonyl (C=O) groups is 2. The third-order valence-electron chi connectivity index (χ3n) is 6.97. The highest BCUT2D eigenvalue weighted by Gasteiger charge is 2.33. The molecule has 3 aromatic carbocycles. The summed E-state index contributed by atoms with van der Waals surface area (Å²) in [6, 6.07) is 18.1. The van der Waals surface area contributed by atoms with Crippen LogP contribution in [0.1, 0.15) is 49.4 Å². The Balaban J connectivity index is 2.04. The summed E-state index contributed by atoms with van der Waals surface area (Å²) in [6.07, 6.45) is 0.737. The summed E-state index contributed by atoms with van der Waals surface area (Å²) < 4.78 is 28.9. The number of rotatable bonds is 11. The molecule has 2 amide bonds. The highest BCUT2D eigenvalue weighted by atomic mass is 35.5. The monoisotopic (exact) mass is 583 g/mol. The molecule has 0 aromatic heterocycles. The number of halogens is 1. The lowest BCUT2D eigenvalue weighted by molar-refractivity contribution is -0.139. The smallest absolute Gasteiger partial charge is 0.264 e. The molecule has 9 heteroatoms. The second-order valence-electron chi connectivity index (χ2n) is 10.3. The molecule has 0 fully saturated rings. The van der Waals surface area contributed by atoms with E-state index in [-0.39, 0.29) is 29.1 Å². The zero-order chi connectivity index (χ0) is 29.6. The summed E-state index contributed by atoms with van der Waals surface area (Å²) in [6.45, 7) is 10.8. The van der Waals surface area contributed by atoms with Gasteiger partial charge in [-0.15, -0.1) is 0 Å². The molecule has 0 unspecified atom stereocenters. The first-order valence-electron chi connectivity index (χ1n) is 13.3. The predicted molar refractivity (Wildman–Crippen MR) is 161 cm³/mol. The van der Waals surface area contributed by atoms with E-state index in [9.17, 15) is 18.0 Å². The summed E-state index contributed by atoms with van der Waals surface area (Å²) in [7, 11) is -4.15. The van der Waals surface area contributed by atoms with Gasteiger partial charge in [0.15, 0.2) is 0 Å². The van der Waals surface area contributed by atoms with Crippen LogP contribution < -0.4 is 9.62 Å². The van der Waals surface area contributed by atoms with E-state index in [1.165, 1.54) is 17.0 Å². The zero-order valence-corrected chi connectivity index (χ0v) is 25.5. The van der Waals surface area contributed by atoms with Gasteiger partial charge in [0.05, 0.1) is 10.6 Å². The van der Waals surface area contributed by atoms with Crippen LogP contribution in [0, 0.1) is 20.8 Å². The minimum Gasteiger partial charge on any atom is -0.352 e. The molecule has 7 nitrogen and oxygen atoms in total. The standard InChI is InChI=1S/C31H38ClN3O4S/c1-7-24(5)33-31(37)25(6)34(19-26-13-8-21(2)9-14-26)30(36)20-35(27-15-12-23(4)29(32)18-27)40(38,39)28-16-10-22(3)11-17-28/h8-18,24-25H,7,19-20H2,1-6H3,(H,33,37)/t24-,25+/m0/s1. The first-order chi connectivity index (χ1) is 18.8. The highest BCUT2D eigenvalue weighted by molar-refractivity contribution is 7.92. The third-order valence-corrected chi connectivity index (χ3v) is 9.17. The number of anilines is 1. The van der Waals surface area contributed by atoms with Gasteiger partial charge in [-0.2, -0.15) is 0 Å². The van der Waals surface area contributed by atoms with Crippen LogP contribution in [0.2, 0.25) is 5.02 Å². The summed E-state index contributed by atoms with van der Waals surface area (Å²) >= 11 is 6.38. The fraction of sp³-hybridized carbons (Fsp3) is 0.355. The van der Waals surface area contributed by atoms with Gasteiger partial charge in [-0.25, -0.2) is 8.42 Å². The maximum Gasteiger partial charge on any atom is 0.264 e.